The number of carbonyl (C=O) groups excluding carboxylic acids is 1. The fourth-order valence-electron chi connectivity index (χ4n) is 2.20. The van der Waals surface area contributed by atoms with Gasteiger partial charge in [0.1, 0.15) is 11.5 Å². The fourth-order valence-corrected chi connectivity index (χ4v) is 2.20. The molecule has 26 heavy (non-hydrogen) atoms. The molecule has 0 amide bonds. The first-order valence-corrected chi connectivity index (χ1v) is 9.07. The summed E-state index contributed by atoms with van der Waals surface area (Å²) < 4.78 is 11.1. The Morgan fingerprint density at radius 1 is 0.731 bits per heavy atom. The summed E-state index contributed by atoms with van der Waals surface area (Å²) in [6, 6.07) is 15.4. The van der Waals surface area contributed by atoms with Crippen LogP contribution in [0.4, 0.5) is 0 Å². The summed E-state index contributed by atoms with van der Waals surface area (Å²) in [6.07, 6.45) is 8.71. The van der Waals surface area contributed by atoms with Gasteiger partial charge in [0, 0.05) is 0 Å². The van der Waals surface area contributed by atoms with Crippen LogP contribution in [0.25, 0.3) is 12.2 Å². The SMILES string of the molecule is CCCOc1ccc(/C=C\C(=O)/C=C/c2ccc(OCCC)cc2)cc1. The van der Waals surface area contributed by atoms with Gasteiger partial charge in [-0.25, -0.2) is 0 Å². The lowest BCUT2D eigenvalue weighted by molar-refractivity contribution is -0.110. The number of ether oxygens (including phenoxy) is 2. The van der Waals surface area contributed by atoms with E-state index >= 15 is 0 Å². The third-order valence-corrected chi connectivity index (χ3v) is 3.59. The number of rotatable bonds is 10. The molecular formula is C23H26O3. The van der Waals surface area contributed by atoms with Crippen LogP contribution in [0.2, 0.25) is 0 Å². The predicted octanol–water partition coefficient (Wildman–Crippen LogP) is 5.56. The molecule has 0 aliphatic heterocycles. The molecule has 2 aromatic rings. The van der Waals surface area contributed by atoms with Crippen molar-refractivity contribution < 1.29 is 14.3 Å². The van der Waals surface area contributed by atoms with Crippen LogP contribution in [0.1, 0.15) is 37.8 Å². The lowest BCUT2D eigenvalue weighted by atomic mass is 10.1. The number of benzene rings is 2. The summed E-state index contributed by atoms with van der Waals surface area (Å²) >= 11 is 0. The molecule has 0 bridgehead atoms. The maximum absolute atomic E-state index is 12.0. The molecule has 136 valence electrons. The molecule has 3 nitrogen and oxygen atoms in total. The minimum atomic E-state index is -0.0531. The largest absolute Gasteiger partial charge is 0.494 e. The van der Waals surface area contributed by atoms with E-state index in [0.717, 1.165) is 35.5 Å². The number of carbonyl (C=O) groups is 1. The predicted molar refractivity (Wildman–Crippen MR) is 108 cm³/mol. The minimum Gasteiger partial charge on any atom is -0.494 e. The van der Waals surface area contributed by atoms with Crippen molar-refractivity contribution >= 4 is 17.9 Å². The summed E-state index contributed by atoms with van der Waals surface area (Å²) in [7, 11) is 0. The Hall–Kier alpha value is -2.81. The Kier molecular flexibility index (Phi) is 8.20. The van der Waals surface area contributed by atoms with Crippen LogP contribution >= 0.6 is 0 Å². The maximum atomic E-state index is 12.0. The average Bonchev–Trinajstić information content (AvgIpc) is 2.69. The minimum absolute atomic E-state index is 0.0531. The lowest BCUT2D eigenvalue weighted by Gasteiger charge is -2.04. The van der Waals surface area contributed by atoms with Crippen LogP contribution in [0.15, 0.2) is 60.7 Å². The second-order valence-electron chi connectivity index (χ2n) is 5.90. The molecule has 0 atom stereocenters. The van der Waals surface area contributed by atoms with Gasteiger partial charge in [-0.2, -0.15) is 0 Å². The van der Waals surface area contributed by atoms with Crippen molar-refractivity contribution in [2.75, 3.05) is 13.2 Å². The standard InChI is InChI=1S/C23H26O3/c1-3-17-25-22-13-7-19(8-14-22)5-11-21(24)12-6-20-9-15-23(16-10-20)26-18-4-2/h5-16H,3-4,17-18H2,1-2H3/b11-5-,12-6+. The van der Waals surface area contributed by atoms with Crippen LogP contribution in [0.5, 0.6) is 11.5 Å². The molecule has 0 aliphatic carbocycles. The lowest BCUT2D eigenvalue weighted by Crippen LogP contribution is -1.94. The Bertz CT molecular complexity index is 662. The highest BCUT2D eigenvalue weighted by Crippen LogP contribution is 2.15. The highest BCUT2D eigenvalue weighted by Gasteiger charge is 1.96. The van der Waals surface area contributed by atoms with E-state index in [0.29, 0.717) is 13.2 Å². The second-order valence-corrected chi connectivity index (χ2v) is 5.90. The van der Waals surface area contributed by atoms with E-state index in [1.54, 1.807) is 24.3 Å². The Morgan fingerprint density at radius 2 is 1.12 bits per heavy atom. The number of ketones is 1. The van der Waals surface area contributed by atoms with Gasteiger partial charge >= 0.3 is 0 Å². The van der Waals surface area contributed by atoms with Gasteiger partial charge in [-0.05, 0) is 60.4 Å². The zero-order chi connectivity index (χ0) is 18.6. The van der Waals surface area contributed by atoms with Crippen LogP contribution < -0.4 is 9.47 Å². The van der Waals surface area contributed by atoms with Gasteiger partial charge in [-0.1, -0.05) is 50.3 Å². The highest BCUT2D eigenvalue weighted by molar-refractivity contribution is 6.04. The van der Waals surface area contributed by atoms with Crippen LogP contribution in [0, 0.1) is 0 Å². The Balaban J connectivity index is 1.86. The molecular weight excluding hydrogens is 324 g/mol. The molecule has 0 aromatic heterocycles. The Morgan fingerprint density at radius 3 is 1.46 bits per heavy atom. The smallest absolute Gasteiger partial charge is 0.178 e. The number of hydrogen-bond acceptors (Lipinski definition) is 3. The van der Waals surface area contributed by atoms with Gasteiger partial charge in [0.15, 0.2) is 5.78 Å². The summed E-state index contributed by atoms with van der Waals surface area (Å²) in [5.74, 6) is 1.64. The molecule has 0 fully saturated rings. The van der Waals surface area contributed by atoms with E-state index in [1.807, 2.05) is 48.5 Å². The van der Waals surface area contributed by atoms with Crippen LogP contribution in [-0.2, 0) is 4.79 Å². The second kappa shape index (κ2) is 10.9. The monoisotopic (exact) mass is 350 g/mol. The van der Waals surface area contributed by atoms with Gasteiger partial charge in [-0.15, -0.1) is 0 Å². The average molecular weight is 350 g/mol. The van der Waals surface area contributed by atoms with Crippen molar-refractivity contribution in [3.63, 3.8) is 0 Å². The summed E-state index contributed by atoms with van der Waals surface area (Å²) in [6.45, 7) is 5.57. The van der Waals surface area contributed by atoms with E-state index in [-0.39, 0.29) is 5.78 Å². The first kappa shape index (κ1) is 19.5. The summed E-state index contributed by atoms with van der Waals surface area (Å²) in [5, 5.41) is 0. The van der Waals surface area contributed by atoms with E-state index in [4.69, 9.17) is 9.47 Å². The summed E-state index contributed by atoms with van der Waals surface area (Å²) in [5.41, 5.74) is 1.93. The van der Waals surface area contributed by atoms with Gasteiger partial charge in [0.25, 0.3) is 0 Å². The van der Waals surface area contributed by atoms with Crippen molar-refractivity contribution in [1.82, 2.24) is 0 Å². The van der Waals surface area contributed by atoms with Gasteiger partial charge < -0.3 is 9.47 Å². The van der Waals surface area contributed by atoms with Crippen LogP contribution in [0.3, 0.4) is 0 Å². The van der Waals surface area contributed by atoms with Gasteiger partial charge in [0.05, 0.1) is 13.2 Å². The van der Waals surface area contributed by atoms with Crippen molar-refractivity contribution in [2.45, 2.75) is 26.7 Å². The van der Waals surface area contributed by atoms with E-state index in [2.05, 4.69) is 13.8 Å². The number of hydrogen-bond donors (Lipinski definition) is 0. The molecule has 0 N–H and O–H groups in total. The fraction of sp³-hybridized carbons (Fsp3) is 0.261. The van der Waals surface area contributed by atoms with E-state index in [9.17, 15) is 4.79 Å². The quantitative estimate of drug-likeness (QED) is 0.526. The molecule has 0 spiro atoms. The van der Waals surface area contributed by atoms with Crippen molar-refractivity contribution in [3.8, 4) is 11.5 Å². The molecule has 0 radical (unpaired) electrons. The third kappa shape index (κ3) is 6.98. The van der Waals surface area contributed by atoms with Crippen molar-refractivity contribution in [1.29, 1.82) is 0 Å². The molecule has 0 saturated heterocycles. The molecule has 0 unspecified atom stereocenters. The number of allylic oxidation sites excluding steroid dienone is 2. The molecule has 0 saturated carbocycles. The molecule has 3 heteroatoms. The molecule has 0 heterocycles. The first-order valence-electron chi connectivity index (χ1n) is 9.07. The zero-order valence-corrected chi connectivity index (χ0v) is 15.5. The first-order chi connectivity index (χ1) is 12.7. The topological polar surface area (TPSA) is 35.5 Å². The zero-order valence-electron chi connectivity index (χ0n) is 15.5. The summed E-state index contributed by atoms with van der Waals surface area (Å²) in [4.78, 5) is 12.0. The molecule has 0 aliphatic rings. The van der Waals surface area contributed by atoms with E-state index in [1.165, 1.54) is 0 Å². The van der Waals surface area contributed by atoms with Crippen LogP contribution in [-0.4, -0.2) is 19.0 Å². The molecule has 2 rings (SSSR count). The van der Waals surface area contributed by atoms with Crippen molar-refractivity contribution in [3.05, 3.63) is 71.8 Å². The molecule has 2 aromatic carbocycles. The van der Waals surface area contributed by atoms with Crippen molar-refractivity contribution in [2.24, 2.45) is 0 Å². The van der Waals surface area contributed by atoms with Gasteiger partial charge in [0.2, 0.25) is 0 Å². The third-order valence-electron chi connectivity index (χ3n) is 3.59. The van der Waals surface area contributed by atoms with E-state index < -0.39 is 0 Å². The highest BCUT2D eigenvalue weighted by atomic mass is 16.5. The van der Waals surface area contributed by atoms with Gasteiger partial charge in [-0.3, -0.25) is 4.79 Å². The normalized spacial score (nSPS) is 11.2. The Labute approximate surface area is 156 Å². The maximum Gasteiger partial charge on any atom is 0.178 e.